The van der Waals surface area contributed by atoms with Crippen molar-refractivity contribution in [3.05, 3.63) is 36.3 Å². The Balaban J connectivity index is 1.79. The van der Waals surface area contributed by atoms with Crippen molar-refractivity contribution < 1.29 is 0 Å². The van der Waals surface area contributed by atoms with Crippen LogP contribution in [0.25, 0.3) is 11.4 Å². The molecule has 1 atom stereocenters. The van der Waals surface area contributed by atoms with Crippen molar-refractivity contribution in [2.45, 2.75) is 32.6 Å². The molecule has 0 radical (unpaired) electrons. The number of rotatable bonds is 5. The lowest BCUT2D eigenvalue weighted by Crippen LogP contribution is -2.33. The molecule has 1 aliphatic rings. The largest absolute Gasteiger partial charge is 0.370 e. The van der Waals surface area contributed by atoms with Crippen LogP contribution in [0.2, 0.25) is 0 Å². The molecular weight excluding hydrogens is 286 g/mol. The SMILES string of the molecule is CC(C)c1nc(NCC2CCCNC2)cc(-c2ccccn2)n1. The highest BCUT2D eigenvalue weighted by Crippen LogP contribution is 2.21. The second-order valence-corrected chi connectivity index (χ2v) is 6.46. The van der Waals surface area contributed by atoms with E-state index < -0.39 is 0 Å². The molecule has 0 aliphatic carbocycles. The first-order chi connectivity index (χ1) is 11.2. The van der Waals surface area contributed by atoms with E-state index in [9.17, 15) is 0 Å². The van der Waals surface area contributed by atoms with Gasteiger partial charge in [-0.1, -0.05) is 19.9 Å². The van der Waals surface area contributed by atoms with Gasteiger partial charge in [0, 0.05) is 24.7 Å². The van der Waals surface area contributed by atoms with E-state index in [1.165, 1.54) is 12.8 Å². The smallest absolute Gasteiger partial charge is 0.134 e. The Hall–Kier alpha value is -2.01. The maximum absolute atomic E-state index is 4.67. The van der Waals surface area contributed by atoms with Crippen LogP contribution in [0, 0.1) is 5.92 Å². The molecule has 5 nitrogen and oxygen atoms in total. The number of pyridine rings is 1. The quantitative estimate of drug-likeness (QED) is 0.888. The third-order valence-corrected chi connectivity index (χ3v) is 4.16. The fraction of sp³-hybridized carbons (Fsp3) is 0.500. The van der Waals surface area contributed by atoms with Crippen LogP contribution in [0.5, 0.6) is 0 Å². The second-order valence-electron chi connectivity index (χ2n) is 6.46. The predicted molar refractivity (Wildman–Crippen MR) is 93.4 cm³/mol. The summed E-state index contributed by atoms with van der Waals surface area (Å²) in [5.41, 5.74) is 1.77. The minimum atomic E-state index is 0.288. The molecule has 122 valence electrons. The van der Waals surface area contributed by atoms with E-state index in [1.54, 1.807) is 6.20 Å². The summed E-state index contributed by atoms with van der Waals surface area (Å²) in [5.74, 6) is 2.71. The minimum absolute atomic E-state index is 0.288. The number of hydrogen-bond donors (Lipinski definition) is 2. The van der Waals surface area contributed by atoms with Gasteiger partial charge in [-0.2, -0.15) is 0 Å². The van der Waals surface area contributed by atoms with Crippen molar-refractivity contribution in [3.8, 4) is 11.4 Å². The maximum atomic E-state index is 4.67. The summed E-state index contributed by atoms with van der Waals surface area (Å²) in [6.45, 7) is 7.41. The molecule has 1 fully saturated rings. The lowest BCUT2D eigenvalue weighted by molar-refractivity contribution is 0.392. The summed E-state index contributed by atoms with van der Waals surface area (Å²) in [4.78, 5) is 13.8. The minimum Gasteiger partial charge on any atom is -0.370 e. The first-order valence-corrected chi connectivity index (χ1v) is 8.47. The summed E-state index contributed by atoms with van der Waals surface area (Å²) in [6, 6.07) is 7.90. The molecule has 23 heavy (non-hydrogen) atoms. The summed E-state index contributed by atoms with van der Waals surface area (Å²) < 4.78 is 0. The van der Waals surface area contributed by atoms with Gasteiger partial charge in [0.1, 0.15) is 11.6 Å². The summed E-state index contributed by atoms with van der Waals surface area (Å²) in [7, 11) is 0. The van der Waals surface area contributed by atoms with Crippen LogP contribution < -0.4 is 10.6 Å². The van der Waals surface area contributed by atoms with Crippen molar-refractivity contribution >= 4 is 5.82 Å². The molecule has 3 heterocycles. The first kappa shape index (κ1) is 15.9. The number of piperidine rings is 1. The Morgan fingerprint density at radius 2 is 2.17 bits per heavy atom. The first-order valence-electron chi connectivity index (χ1n) is 8.47. The highest BCUT2D eigenvalue weighted by atomic mass is 15.0. The van der Waals surface area contributed by atoms with Crippen LogP contribution in [0.1, 0.15) is 38.4 Å². The van der Waals surface area contributed by atoms with Crippen LogP contribution in [0.3, 0.4) is 0 Å². The van der Waals surface area contributed by atoms with Crippen LogP contribution in [-0.2, 0) is 0 Å². The van der Waals surface area contributed by atoms with Gasteiger partial charge in [-0.3, -0.25) is 4.98 Å². The summed E-state index contributed by atoms with van der Waals surface area (Å²) in [6.07, 6.45) is 4.33. The molecule has 3 rings (SSSR count). The van der Waals surface area contributed by atoms with Crippen LogP contribution in [0.4, 0.5) is 5.82 Å². The fourth-order valence-corrected chi connectivity index (χ4v) is 2.81. The lowest BCUT2D eigenvalue weighted by atomic mass is 10.00. The highest BCUT2D eigenvalue weighted by molar-refractivity contribution is 5.58. The van der Waals surface area contributed by atoms with Gasteiger partial charge in [-0.15, -0.1) is 0 Å². The molecule has 0 bridgehead atoms. The van der Waals surface area contributed by atoms with Crippen molar-refractivity contribution in [2.75, 3.05) is 25.0 Å². The number of aromatic nitrogens is 3. The summed E-state index contributed by atoms with van der Waals surface area (Å²) >= 11 is 0. The molecule has 1 aliphatic heterocycles. The van der Waals surface area contributed by atoms with Gasteiger partial charge in [-0.05, 0) is 44.0 Å². The zero-order valence-corrected chi connectivity index (χ0v) is 13.9. The summed E-state index contributed by atoms with van der Waals surface area (Å²) in [5, 5.41) is 6.96. The average molecular weight is 311 g/mol. The molecule has 5 heteroatoms. The molecule has 0 aromatic carbocycles. The van der Waals surface area contributed by atoms with E-state index in [2.05, 4.69) is 39.4 Å². The van der Waals surface area contributed by atoms with Crippen molar-refractivity contribution in [3.63, 3.8) is 0 Å². The van der Waals surface area contributed by atoms with Crippen molar-refractivity contribution in [1.29, 1.82) is 0 Å². The third-order valence-electron chi connectivity index (χ3n) is 4.16. The molecule has 0 spiro atoms. The van der Waals surface area contributed by atoms with E-state index in [0.717, 1.165) is 42.7 Å². The molecule has 0 saturated carbocycles. The topological polar surface area (TPSA) is 62.7 Å². The number of nitrogens with one attached hydrogen (secondary N) is 2. The lowest BCUT2D eigenvalue weighted by Gasteiger charge is -2.23. The van der Waals surface area contributed by atoms with Crippen molar-refractivity contribution in [1.82, 2.24) is 20.3 Å². The highest BCUT2D eigenvalue weighted by Gasteiger charge is 2.14. The average Bonchev–Trinajstić information content (AvgIpc) is 2.61. The third kappa shape index (κ3) is 4.26. The Kier molecular flexibility index (Phi) is 5.18. The van der Waals surface area contributed by atoms with E-state index in [-0.39, 0.29) is 5.92 Å². The molecule has 1 unspecified atom stereocenters. The van der Waals surface area contributed by atoms with Gasteiger partial charge < -0.3 is 10.6 Å². The number of anilines is 1. The Morgan fingerprint density at radius 3 is 2.87 bits per heavy atom. The Morgan fingerprint density at radius 1 is 1.26 bits per heavy atom. The Labute approximate surface area is 138 Å². The van der Waals surface area contributed by atoms with E-state index in [1.807, 2.05) is 24.3 Å². The van der Waals surface area contributed by atoms with Gasteiger partial charge in [-0.25, -0.2) is 9.97 Å². The Bertz CT molecular complexity index is 621. The monoisotopic (exact) mass is 311 g/mol. The van der Waals surface area contributed by atoms with E-state index in [4.69, 9.17) is 0 Å². The van der Waals surface area contributed by atoms with Gasteiger partial charge in [0.2, 0.25) is 0 Å². The molecule has 1 saturated heterocycles. The number of nitrogens with zero attached hydrogens (tertiary/aromatic N) is 3. The molecule has 2 N–H and O–H groups in total. The van der Waals surface area contributed by atoms with Gasteiger partial charge in [0.05, 0.1) is 11.4 Å². The van der Waals surface area contributed by atoms with Crippen LogP contribution in [-0.4, -0.2) is 34.6 Å². The zero-order valence-electron chi connectivity index (χ0n) is 13.9. The van der Waals surface area contributed by atoms with E-state index >= 15 is 0 Å². The van der Waals surface area contributed by atoms with Gasteiger partial charge >= 0.3 is 0 Å². The molecule has 0 amide bonds. The van der Waals surface area contributed by atoms with Crippen LogP contribution >= 0.6 is 0 Å². The van der Waals surface area contributed by atoms with Crippen molar-refractivity contribution in [2.24, 2.45) is 5.92 Å². The van der Waals surface area contributed by atoms with Gasteiger partial charge in [0.15, 0.2) is 0 Å². The zero-order chi connectivity index (χ0) is 16.1. The second kappa shape index (κ2) is 7.51. The number of hydrogen-bond acceptors (Lipinski definition) is 5. The molecular formula is C18H25N5. The molecule has 2 aromatic heterocycles. The van der Waals surface area contributed by atoms with E-state index in [0.29, 0.717) is 5.92 Å². The van der Waals surface area contributed by atoms with Crippen LogP contribution in [0.15, 0.2) is 30.5 Å². The predicted octanol–water partition coefficient (Wildman–Crippen LogP) is 3.07. The normalized spacial score (nSPS) is 18.1. The molecule has 2 aromatic rings. The fourth-order valence-electron chi connectivity index (χ4n) is 2.81. The standard InChI is InChI=1S/C18H25N5/c1-13(2)18-22-16(15-7-3-4-9-20-15)10-17(23-18)21-12-14-6-5-8-19-11-14/h3-4,7,9-10,13-14,19H,5-6,8,11-12H2,1-2H3,(H,21,22,23). The van der Waals surface area contributed by atoms with Gasteiger partial charge in [0.25, 0.3) is 0 Å². The maximum Gasteiger partial charge on any atom is 0.134 e.